The molecule has 2 aliphatic heterocycles. The van der Waals surface area contributed by atoms with E-state index in [2.05, 4.69) is 96.3 Å². The van der Waals surface area contributed by atoms with Crippen LogP contribution in [0.1, 0.15) is 47.4 Å². The highest BCUT2D eigenvalue weighted by molar-refractivity contribution is 5.85. The quantitative estimate of drug-likeness (QED) is 0.278. The third-order valence-electron chi connectivity index (χ3n) is 7.65. The van der Waals surface area contributed by atoms with Gasteiger partial charge in [-0.1, -0.05) is 91.0 Å². The lowest BCUT2D eigenvalue weighted by atomic mass is 9.83. The van der Waals surface area contributed by atoms with Gasteiger partial charge in [-0.3, -0.25) is 0 Å². The van der Waals surface area contributed by atoms with Gasteiger partial charge < -0.3 is 14.8 Å². The van der Waals surface area contributed by atoms with E-state index in [1.54, 1.807) is 0 Å². The van der Waals surface area contributed by atoms with E-state index in [4.69, 9.17) is 9.47 Å². The summed E-state index contributed by atoms with van der Waals surface area (Å²) < 4.78 is 12.6. The van der Waals surface area contributed by atoms with Gasteiger partial charge in [0.15, 0.2) is 0 Å². The van der Waals surface area contributed by atoms with Gasteiger partial charge in [0.2, 0.25) is 0 Å². The minimum atomic E-state index is 0. The summed E-state index contributed by atoms with van der Waals surface area (Å²) in [6.07, 6.45) is 3.79. The van der Waals surface area contributed by atoms with E-state index in [1.807, 2.05) is 6.07 Å². The largest absolute Gasteiger partial charge is 0.372 e. The molecule has 0 spiro atoms. The molecule has 4 heteroatoms. The molecule has 4 aromatic carbocycles. The normalized spacial score (nSPS) is 22.9. The summed E-state index contributed by atoms with van der Waals surface area (Å²) in [5.74, 6) is 0.425. The number of nitrogens with one attached hydrogen (secondary N) is 1. The summed E-state index contributed by atoms with van der Waals surface area (Å²) in [6.45, 7) is 1.93. The van der Waals surface area contributed by atoms with Gasteiger partial charge in [-0.25, -0.2) is 0 Å². The summed E-state index contributed by atoms with van der Waals surface area (Å²) in [5, 5.41) is 6.37. The molecule has 0 saturated carbocycles. The minimum Gasteiger partial charge on any atom is -0.372 e. The average molecular weight is 500 g/mol. The Labute approximate surface area is 220 Å². The molecule has 0 aliphatic carbocycles. The standard InChI is InChI=1S/C32H33NO2.ClH/c1-2-6-23(7-3-1)20-34-21-24-10-14-27(15-11-24)30-19-29-16-17-31(33-29)32(30)35-22-25-12-13-26-8-4-5-9-28(26)18-25;/h1-15,18,29-33H,16-17,19-22H2;1H. The van der Waals surface area contributed by atoms with Crippen LogP contribution in [0.25, 0.3) is 10.8 Å². The molecule has 6 rings (SSSR count). The first-order valence-corrected chi connectivity index (χ1v) is 12.9. The number of ether oxygens (including phenoxy) is 2. The highest BCUT2D eigenvalue weighted by Crippen LogP contribution is 2.39. The fourth-order valence-electron chi connectivity index (χ4n) is 5.82. The van der Waals surface area contributed by atoms with Gasteiger partial charge in [-0.15, -0.1) is 12.4 Å². The highest BCUT2D eigenvalue weighted by atomic mass is 35.5. The van der Waals surface area contributed by atoms with Crippen LogP contribution in [0.3, 0.4) is 0 Å². The second-order valence-electron chi connectivity index (χ2n) is 10.1. The maximum Gasteiger partial charge on any atom is 0.0801 e. The molecule has 2 aliphatic rings. The van der Waals surface area contributed by atoms with Gasteiger partial charge in [-0.2, -0.15) is 0 Å². The molecular formula is C32H34ClNO2. The molecule has 4 unspecified atom stereocenters. The fourth-order valence-corrected chi connectivity index (χ4v) is 5.82. The van der Waals surface area contributed by atoms with Crippen molar-refractivity contribution in [3.05, 3.63) is 119 Å². The second-order valence-corrected chi connectivity index (χ2v) is 10.1. The molecule has 2 saturated heterocycles. The summed E-state index contributed by atoms with van der Waals surface area (Å²) in [7, 11) is 0. The van der Waals surface area contributed by atoms with E-state index in [0.29, 0.717) is 37.8 Å². The van der Waals surface area contributed by atoms with Gasteiger partial charge in [0.25, 0.3) is 0 Å². The van der Waals surface area contributed by atoms with E-state index in [9.17, 15) is 0 Å². The number of fused-ring (bicyclic) bond motifs is 3. The first-order chi connectivity index (χ1) is 17.3. The predicted octanol–water partition coefficient (Wildman–Crippen LogP) is 7.17. The van der Waals surface area contributed by atoms with Crippen LogP contribution in [0.2, 0.25) is 0 Å². The number of halogens is 1. The fraction of sp³-hybridized carbons (Fsp3) is 0.312. The van der Waals surface area contributed by atoms with Crippen LogP contribution in [0.15, 0.2) is 97.1 Å². The number of piperidine rings is 1. The molecule has 0 radical (unpaired) electrons. The van der Waals surface area contributed by atoms with E-state index >= 15 is 0 Å². The van der Waals surface area contributed by atoms with E-state index < -0.39 is 0 Å². The Bertz CT molecular complexity index is 1260. The zero-order valence-electron chi connectivity index (χ0n) is 20.5. The topological polar surface area (TPSA) is 30.5 Å². The van der Waals surface area contributed by atoms with Crippen molar-refractivity contribution >= 4 is 23.2 Å². The Hall–Kier alpha value is -2.69. The SMILES string of the molecule is Cl.c1ccc(COCc2ccc(C3CC4CCC(N4)C3OCc3ccc4ccccc4c3)cc2)cc1. The number of rotatable bonds is 8. The van der Waals surface area contributed by atoms with Crippen molar-refractivity contribution in [3.8, 4) is 0 Å². The molecular weight excluding hydrogens is 466 g/mol. The lowest BCUT2D eigenvalue weighted by Crippen LogP contribution is -2.49. The monoisotopic (exact) mass is 499 g/mol. The van der Waals surface area contributed by atoms with Gasteiger partial charge in [-0.05, 0) is 58.4 Å². The van der Waals surface area contributed by atoms with Crippen molar-refractivity contribution in [1.82, 2.24) is 5.32 Å². The smallest absolute Gasteiger partial charge is 0.0801 e. The van der Waals surface area contributed by atoms with E-state index in [0.717, 1.165) is 6.42 Å². The Balaban J connectivity index is 0.00000267. The van der Waals surface area contributed by atoms with Crippen LogP contribution < -0.4 is 5.32 Å². The van der Waals surface area contributed by atoms with Crippen LogP contribution in [-0.4, -0.2) is 18.2 Å². The minimum absolute atomic E-state index is 0. The zero-order valence-corrected chi connectivity index (χ0v) is 21.3. The lowest BCUT2D eigenvalue weighted by molar-refractivity contribution is -0.0133. The molecule has 4 atom stereocenters. The molecule has 0 aromatic heterocycles. The van der Waals surface area contributed by atoms with Crippen molar-refractivity contribution in [2.24, 2.45) is 0 Å². The van der Waals surface area contributed by atoms with Crippen molar-refractivity contribution in [2.45, 2.75) is 63.2 Å². The molecule has 2 bridgehead atoms. The maximum absolute atomic E-state index is 6.67. The maximum atomic E-state index is 6.67. The summed E-state index contributed by atoms with van der Waals surface area (Å²) in [6, 6.07) is 35.6. The Morgan fingerprint density at radius 2 is 1.36 bits per heavy atom. The summed E-state index contributed by atoms with van der Waals surface area (Å²) in [4.78, 5) is 0. The molecule has 2 heterocycles. The van der Waals surface area contributed by atoms with Gasteiger partial charge >= 0.3 is 0 Å². The Morgan fingerprint density at radius 3 is 2.17 bits per heavy atom. The molecule has 4 aromatic rings. The first kappa shape index (κ1) is 25.0. The molecule has 186 valence electrons. The molecule has 1 N–H and O–H groups in total. The molecule has 2 fully saturated rings. The van der Waals surface area contributed by atoms with Crippen molar-refractivity contribution < 1.29 is 9.47 Å². The van der Waals surface area contributed by atoms with Gasteiger partial charge in [0.1, 0.15) is 0 Å². The second kappa shape index (κ2) is 11.6. The van der Waals surface area contributed by atoms with Crippen LogP contribution >= 0.6 is 12.4 Å². The summed E-state index contributed by atoms with van der Waals surface area (Å²) >= 11 is 0. The molecule has 3 nitrogen and oxygen atoms in total. The van der Waals surface area contributed by atoms with E-state index in [1.165, 1.54) is 45.9 Å². The summed E-state index contributed by atoms with van der Waals surface area (Å²) in [5.41, 5.74) is 5.06. The average Bonchev–Trinajstić information content (AvgIpc) is 3.30. The molecule has 36 heavy (non-hydrogen) atoms. The van der Waals surface area contributed by atoms with Gasteiger partial charge in [0.05, 0.1) is 25.9 Å². The lowest BCUT2D eigenvalue weighted by Gasteiger charge is -2.38. The third kappa shape index (κ3) is 5.66. The number of hydrogen-bond donors (Lipinski definition) is 1. The van der Waals surface area contributed by atoms with Crippen molar-refractivity contribution in [2.75, 3.05) is 0 Å². The van der Waals surface area contributed by atoms with Gasteiger partial charge in [0, 0.05) is 18.0 Å². The third-order valence-corrected chi connectivity index (χ3v) is 7.65. The van der Waals surface area contributed by atoms with Crippen LogP contribution in [-0.2, 0) is 29.3 Å². The zero-order chi connectivity index (χ0) is 23.5. The van der Waals surface area contributed by atoms with Crippen molar-refractivity contribution in [1.29, 1.82) is 0 Å². The number of hydrogen-bond acceptors (Lipinski definition) is 3. The van der Waals surface area contributed by atoms with Crippen molar-refractivity contribution in [3.63, 3.8) is 0 Å². The Kier molecular flexibility index (Phi) is 8.03. The molecule has 0 amide bonds. The first-order valence-electron chi connectivity index (χ1n) is 12.9. The van der Waals surface area contributed by atoms with Crippen LogP contribution in [0.4, 0.5) is 0 Å². The predicted molar refractivity (Wildman–Crippen MR) is 148 cm³/mol. The van der Waals surface area contributed by atoms with Crippen LogP contribution in [0, 0.1) is 0 Å². The Morgan fingerprint density at radius 1 is 0.667 bits per heavy atom. The number of benzene rings is 4. The van der Waals surface area contributed by atoms with Crippen LogP contribution in [0.5, 0.6) is 0 Å². The highest BCUT2D eigenvalue weighted by Gasteiger charge is 2.42. The van der Waals surface area contributed by atoms with E-state index in [-0.39, 0.29) is 18.5 Å².